The third-order valence-electron chi connectivity index (χ3n) is 4.13. The smallest absolute Gasteiger partial charge is 0.115 e. The first-order chi connectivity index (χ1) is 7.79. The minimum atomic E-state index is 0.331. The third-order valence-corrected chi connectivity index (χ3v) is 4.13. The lowest BCUT2D eigenvalue weighted by atomic mass is 9.98. The molecule has 0 amide bonds. The van der Waals surface area contributed by atoms with Gasteiger partial charge in [-0.1, -0.05) is 0 Å². The quantitative estimate of drug-likeness (QED) is 0.794. The molecule has 3 atom stereocenters. The van der Waals surface area contributed by atoms with Gasteiger partial charge in [-0.25, -0.2) is 0 Å². The number of aromatic hydroxyl groups is 1. The Morgan fingerprint density at radius 3 is 2.69 bits per heavy atom. The second kappa shape index (κ2) is 3.67. The van der Waals surface area contributed by atoms with E-state index in [4.69, 9.17) is 5.73 Å². The van der Waals surface area contributed by atoms with Gasteiger partial charge in [-0.15, -0.1) is 0 Å². The summed E-state index contributed by atoms with van der Waals surface area (Å²) in [5.74, 6) is 1.11. The molecule has 3 heteroatoms. The van der Waals surface area contributed by atoms with Crippen LogP contribution < -0.4 is 10.6 Å². The highest BCUT2D eigenvalue weighted by molar-refractivity contribution is 5.52. The molecule has 1 saturated heterocycles. The van der Waals surface area contributed by atoms with Crippen LogP contribution in [0, 0.1) is 5.92 Å². The maximum Gasteiger partial charge on any atom is 0.115 e. The zero-order valence-electron chi connectivity index (χ0n) is 9.34. The summed E-state index contributed by atoms with van der Waals surface area (Å²) in [5, 5.41) is 9.31. The first-order valence-corrected chi connectivity index (χ1v) is 6.07. The highest BCUT2D eigenvalue weighted by Crippen LogP contribution is 2.44. The molecular weight excluding hydrogens is 200 g/mol. The third kappa shape index (κ3) is 1.39. The number of anilines is 1. The van der Waals surface area contributed by atoms with Crippen LogP contribution in [0.1, 0.15) is 19.3 Å². The van der Waals surface area contributed by atoms with Crippen LogP contribution in [-0.4, -0.2) is 23.7 Å². The van der Waals surface area contributed by atoms with Gasteiger partial charge in [0, 0.05) is 24.3 Å². The molecule has 1 saturated carbocycles. The van der Waals surface area contributed by atoms with E-state index in [0.717, 1.165) is 12.5 Å². The second-order valence-electron chi connectivity index (χ2n) is 4.95. The summed E-state index contributed by atoms with van der Waals surface area (Å²) >= 11 is 0. The van der Waals surface area contributed by atoms with Gasteiger partial charge in [-0.05, 0) is 49.4 Å². The number of nitrogens with two attached hydrogens (primary N) is 1. The molecule has 16 heavy (non-hydrogen) atoms. The summed E-state index contributed by atoms with van der Waals surface area (Å²) in [6.45, 7) is 0.738. The molecule has 0 radical (unpaired) electrons. The van der Waals surface area contributed by atoms with E-state index < -0.39 is 0 Å². The van der Waals surface area contributed by atoms with E-state index in [9.17, 15) is 5.11 Å². The summed E-state index contributed by atoms with van der Waals surface area (Å²) in [4.78, 5) is 2.47. The van der Waals surface area contributed by atoms with Crippen molar-refractivity contribution in [1.82, 2.24) is 0 Å². The molecule has 1 aromatic rings. The monoisotopic (exact) mass is 218 g/mol. The minimum Gasteiger partial charge on any atom is -0.508 e. The molecule has 3 nitrogen and oxygen atoms in total. The van der Waals surface area contributed by atoms with Crippen LogP contribution >= 0.6 is 0 Å². The van der Waals surface area contributed by atoms with Crippen molar-refractivity contribution in [3.05, 3.63) is 24.3 Å². The number of piperidine rings is 1. The van der Waals surface area contributed by atoms with Crippen molar-refractivity contribution in [2.45, 2.75) is 31.3 Å². The van der Waals surface area contributed by atoms with Crippen LogP contribution in [0.3, 0.4) is 0 Å². The van der Waals surface area contributed by atoms with Gasteiger partial charge in [0.15, 0.2) is 0 Å². The maximum atomic E-state index is 9.31. The lowest BCUT2D eigenvalue weighted by Gasteiger charge is -2.36. The predicted molar refractivity (Wildman–Crippen MR) is 64.6 cm³/mol. The zero-order chi connectivity index (χ0) is 11.1. The molecule has 3 unspecified atom stereocenters. The van der Waals surface area contributed by atoms with Crippen molar-refractivity contribution in [1.29, 1.82) is 0 Å². The Balaban J connectivity index is 1.91. The van der Waals surface area contributed by atoms with Gasteiger partial charge in [0.05, 0.1) is 0 Å². The summed E-state index contributed by atoms with van der Waals surface area (Å²) in [7, 11) is 0. The average Bonchev–Trinajstić information content (AvgIpc) is 2.89. The second-order valence-corrected chi connectivity index (χ2v) is 4.95. The van der Waals surface area contributed by atoms with Gasteiger partial charge in [0.1, 0.15) is 5.75 Å². The number of fused-ring (bicyclic) bond motifs is 2. The van der Waals surface area contributed by atoms with E-state index >= 15 is 0 Å². The number of benzene rings is 1. The number of rotatable bonds is 2. The fourth-order valence-corrected chi connectivity index (χ4v) is 3.42. The molecule has 1 aliphatic heterocycles. The summed E-state index contributed by atoms with van der Waals surface area (Å²) < 4.78 is 0. The molecule has 2 bridgehead atoms. The number of hydrogen-bond donors (Lipinski definition) is 2. The lowest BCUT2D eigenvalue weighted by molar-refractivity contribution is 0.434. The number of phenolic OH excluding ortho intramolecular Hbond substituents is 1. The largest absolute Gasteiger partial charge is 0.508 e. The van der Waals surface area contributed by atoms with E-state index in [2.05, 4.69) is 4.90 Å². The fraction of sp³-hybridized carbons (Fsp3) is 0.538. The van der Waals surface area contributed by atoms with Gasteiger partial charge in [0.25, 0.3) is 0 Å². The van der Waals surface area contributed by atoms with Crippen LogP contribution in [0.15, 0.2) is 24.3 Å². The Labute approximate surface area is 95.9 Å². The SMILES string of the molecule is NCC1C2CCC(C2)N1c1ccc(O)cc1. The molecule has 1 aliphatic carbocycles. The van der Waals surface area contributed by atoms with E-state index in [0.29, 0.717) is 17.8 Å². The molecule has 86 valence electrons. The lowest BCUT2D eigenvalue weighted by Crippen LogP contribution is -2.45. The van der Waals surface area contributed by atoms with E-state index in [1.54, 1.807) is 12.1 Å². The fourth-order valence-electron chi connectivity index (χ4n) is 3.42. The molecular formula is C13H18N2O. The standard InChI is InChI=1S/C13H18N2O/c14-8-13-9-1-2-11(7-9)15(13)10-3-5-12(16)6-4-10/h3-6,9,11,13,16H,1-2,7-8,14H2. The predicted octanol–water partition coefficient (Wildman–Crippen LogP) is 1.71. The zero-order valence-corrected chi connectivity index (χ0v) is 9.34. The van der Waals surface area contributed by atoms with Crippen molar-refractivity contribution < 1.29 is 5.11 Å². The normalized spacial score (nSPS) is 32.3. The van der Waals surface area contributed by atoms with Gasteiger partial charge in [-0.3, -0.25) is 0 Å². The summed E-state index contributed by atoms with van der Waals surface area (Å²) in [5.41, 5.74) is 7.10. The number of phenols is 1. The Morgan fingerprint density at radius 1 is 1.25 bits per heavy atom. The maximum absolute atomic E-state index is 9.31. The van der Waals surface area contributed by atoms with E-state index in [1.165, 1.54) is 24.9 Å². The average molecular weight is 218 g/mol. The molecule has 1 heterocycles. The van der Waals surface area contributed by atoms with Crippen molar-refractivity contribution >= 4 is 5.69 Å². The molecule has 0 aromatic heterocycles. The van der Waals surface area contributed by atoms with Crippen molar-refractivity contribution in [2.75, 3.05) is 11.4 Å². The van der Waals surface area contributed by atoms with E-state index in [-0.39, 0.29) is 0 Å². The van der Waals surface area contributed by atoms with Crippen LogP contribution in [0.4, 0.5) is 5.69 Å². The van der Waals surface area contributed by atoms with Crippen LogP contribution in [-0.2, 0) is 0 Å². The Kier molecular flexibility index (Phi) is 2.28. The molecule has 0 spiro atoms. The Morgan fingerprint density at radius 2 is 2.00 bits per heavy atom. The van der Waals surface area contributed by atoms with Crippen molar-refractivity contribution in [3.8, 4) is 5.75 Å². The first kappa shape index (κ1) is 9.97. The van der Waals surface area contributed by atoms with E-state index in [1.807, 2.05) is 12.1 Å². The Bertz CT molecular complexity index is 376. The molecule has 3 rings (SSSR count). The number of hydrogen-bond acceptors (Lipinski definition) is 3. The van der Waals surface area contributed by atoms with Crippen LogP contribution in [0.5, 0.6) is 5.75 Å². The topological polar surface area (TPSA) is 49.5 Å². The van der Waals surface area contributed by atoms with Gasteiger partial charge in [0.2, 0.25) is 0 Å². The first-order valence-electron chi connectivity index (χ1n) is 6.07. The van der Waals surface area contributed by atoms with Crippen LogP contribution in [0.25, 0.3) is 0 Å². The van der Waals surface area contributed by atoms with Gasteiger partial charge < -0.3 is 15.7 Å². The van der Waals surface area contributed by atoms with Crippen molar-refractivity contribution in [2.24, 2.45) is 11.7 Å². The summed E-state index contributed by atoms with van der Waals surface area (Å²) in [6.07, 6.45) is 3.92. The summed E-state index contributed by atoms with van der Waals surface area (Å²) in [6, 6.07) is 8.69. The molecule has 1 aromatic carbocycles. The molecule has 3 N–H and O–H groups in total. The van der Waals surface area contributed by atoms with Crippen molar-refractivity contribution in [3.63, 3.8) is 0 Å². The van der Waals surface area contributed by atoms with Gasteiger partial charge >= 0.3 is 0 Å². The Hall–Kier alpha value is -1.22. The molecule has 2 aliphatic rings. The highest BCUT2D eigenvalue weighted by atomic mass is 16.3. The van der Waals surface area contributed by atoms with Gasteiger partial charge in [-0.2, -0.15) is 0 Å². The molecule has 2 fully saturated rings. The highest BCUT2D eigenvalue weighted by Gasteiger charge is 2.44. The minimum absolute atomic E-state index is 0.331. The number of nitrogens with zero attached hydrogens (tertiary/aromatic N) is 1. The van der Waals surface area contributed by atoms with Crippen LogP contribution in [0.2, 0.25) is 0 Å².